The van der Waals surface area contributed by atoms with Gasteiger partial charge in [0.1, 0.15) is 34.9 Å². The number of phenols is 1. The highest BCUT2D eigenvalue weighted by molar-refractivity contribution is 7.09. The number of phenolic OH excluding ortho intramolecular Hbond substituents is 1. The molecule has 1 aromatic carbocycles. The SMILES string of the molecule is CCCC(=O)OCC(C(=O)[C@@H](NC(=O)[C@H]1CCCCN1C)C(C)CC)[C@H](C[C@@H](O)c1nc(C(=O)N[C@@H](Cc2ccc(O)cc2)C[C@H](C)C(C)=O)cs1)C(C)C. The number of amides is 2. The van der Waals surface area contributed by atoms with E-state index in [1.807, 2.05) is 53.5 Å². The maximum absolute atomic E-state index is 14.6. The second kappa shape index (κ2) is 22.2. The van der Waals surface area contributed by atoms with Crippen LogP contribution in [0.25, 0.3) is 0 Å². The number of thiazole rings is 1. The van der Waals surface area contributed by atoms with E-state index in [1.165, 1.54) is 6.92 Å². The molecule has 1 aromatic heterocycles. The topological polar surface area (TPSA) is 175 Å². The second-order valence-electron chi connectivity index (χ2n) is 15.8. The van der Waals surface area contributed by atoms with Gasteiger partial charge in [-0.3, -0.25) is 28.9 Å². The molecule has 306 valence electrons. The molecule has 1 aliphatic heterocycles. The Morgan fingerprint density at radius 3 is 2.31 bits per heavy atom. The van der Waals surface area contributed by atoms with Crippen LogP contribution in [0.1, 0.15) is 127 Å². The van der Waals surface area contributed by atoms with Gasteiger partial charge in [0.25, 0.3) is 5.91 Å². The van der Waals surface area contributed by atoms with Crippen molar-refractivity contribution >= 4 is 40.7 Å². The number of carbonyl (C=O) groups is 5. The van der Waals surface area contributed by atoms with E-state index in [1.54, 1.807) is 29.6 Å². The standard InChI is InChI=1S/C42H64N4O8S/c1-9-13-37(50)54-23-33(39(51)38(26(5)10-2)45-41(53)35-14-11-12-19-46(35)8)32(25(3)4)22-36(49)42-44-34(24-55-42)40(52)43-30(20-27(6)28(7)47)21-29-15-17-31(48)18-16-29/h15-18,24-27,30,32-33,35-36,38,48-49H,9-14,19-23H2,1-8H3,(H,43,52)(H,45,53)/t26?,27-,30+,32+,33?,35+,36+,38-/m0/s1. The number of carbonyl (C=O) groups excluding carboxylic acids is 5. The van der Waals surface area contributed by atoms with Gasteiger partial charge in [-0.2, -0.15) is 0 Å². The minimum Gasteiger partial charge on any atom is -0.508 e. The van der Waals surface area contributed by atoms with Crippen molar-refractivity contribution in [2.75, 3.05) is 20.2 Å². The lowest BCUT2D eigenvalue weighted by atomic mass is 9.74. The Hall–Kier alpha value is -3.68. The molecule has 4 N–H and O–H groups in total. The molecule has 1 fully saturated rings. The van der Waals surface area contributed by atoms with Gasteiger partial charge in [-0.1, -0.05) is 66.5 Å². The van der Waals surface area contributed by atoms with E-state index >= 15 is 0 Å². The van der Waals surface area contributed by atoms with Gasteiger partial charge in [0.15, 0.2) is 5.78 Å². The number of nitrogens with one attached hydrogen (secondary N) is 2. The van der Waals surface area contributed by atoms with Crippen molar-refractivity contribution in [3.8, 4) is 5.75 Å². The maximum atomic E-state index is 14.6. The number of hydrogen-bond donors (Lipinski definition) is 4. The van der Waals surface area contributed by atoms with Crippen molar-refractivity contribution < 1.29 is 38.9 Å². The number of likely N-dealkylation sites (tertiary alicyclic amines) is 1. The molecule has 2 amide bonds. The summed E-state index contributed by atoms with van der Waals surface area (Å²) in [5.74, 6) is -2.99. The van der Waals surface area contributed by atoms with E-state index in [-0.39, 0.29) is 72.2 Å². The Morgan fingerprint density at radius 2 is 1.71 bits per heavy atom. The van der Waals surface area contributed by atoms with E-state index < -0.39 is 41.9 Å². The lowest BCUT2D eigenvalue weighted by molar-refractivity contribution is -0.149. The number of aromatic hydroxyl groups is 1. The Labute approximate surface area is 331 Å². The zero-order chi connectivity index (χ0) is 40.8. The molecule has 0 saturated carbocycles. The summed E-state index contributed by atoms with van der Waals surface area (Å²) < 4.78 is 5.69. The number of aliphatic hydroxyl groups excluding tert-OH is 1. The molecule has 8 atom stereocenters. The highest BCUT2D eigenvalue weighted by atomic mass is 32.1. The summed E-state index contributed by atoms with van der Waals surface area (Å²) in [5.41, 5.74) is 1.01. The van der Waals surface area contributed by atoms with Crippen molar-refractivity contribution in [2.24, 2.45) is 29.6 Å². The van der Waals surface area contributed by atoms with Gasteiger partial charge in [0.05, 0.1) is 18.0 Å². The Morgan fingerprint density at radius 1 is 1.02 bits per heavy atom. The third-order valence-electron chi connectivity index (χ3n) is 11.1. The molecule has 3 rings (SSSR count). The molecule has 1 aliphatic rings. The van der Waals surface area contributed by atoms with Crippen LogP contribution in [0.15, 0.2) is 29.6 Å². The maximum Gasteiger partial charge on any atom is 0.305 e. The van der Waals surface area contributed by atoms with E-state index in [9.17, 15) is 34.2 Å². The molecule has 2 aromatic rings. The number of piperidine rings is 1. The van der Waals surface area contributed by atoms with Crippen LogP contribution in [0.5, 0.6) is 5.75 Å². The van der Waals surface area contributed by atoms with E-state index in [0.717, 1.165) is 36.3 Å². The van der Waals surface area contributed by atoms with Gasteiger partial charge >= 0.3 is 5.97 Å². The molecule has 2 unspecified atom stereocenters. The summed E-state index contributed by atoms with van der Waals surface area (Å²) >= 11 is 1.14. The van der Waals surface area contributed by atoms with Crippen LogP contribution in [0.2, 0.25) is 0 Å². The average Bonchev–Trinajstić information content (AvgIpc) is 3.65. The quantitative estimate of drug-likeness (QED) is 0.103. The Balaban J connectivity index is 1.85. The van der Waals surface area contributed by atoms with Gasteiger partial charge in [-0.15, -0.1) is 11.3 Å². The lowest BCUT2D eigenvalue weighted by Crippen LogP contribution is -2.55. The molecule has 13 heteroatoms. The number of likely N-dealkylation sites (N-methyl/N-ethyl adjacent to an activating group) is 1. The zero-order valence-corrected chi connectivity index (χ0v) is 34.8. The minimum atomic E-state index is -1.13. The molecule has 2 heterocycles. The number of nitrogens with zero attached hydrogens (tertiary/aromatic N) is 2. The number of ether oxygens (including phenoxy) is 1. The molecule has 12 nitrogen and oxygen atoms in total. The van der Waals surface area contributed by atoms with Crippen molar-refractivity contribution in [3.63, 3.8) is 0 Å². The van der Waals surface area contributed by atoms with Gasteiger partial charge in [0, 0.05) is 23.8 Å². The minimum absolute atomic E-state index is 0.00956. The predicted molar refractivity (Wildman–Crippen MR) is 214 cm³/mol. The van der Waals surface area contributed by atoms with Crippen LogP contribution in [-0.2, 0) is 30.3 Å². The molecule has 0 radical (unpaired) electrons. The number of esters is 1. The molecule has 0 aliphatic carbocycles. The zero-order valence-electron chi connectivity index (χ0n) is 34.0. The van der Waals surface area contributed by atoms with Crippen LogP contribution < -0.4 is 10.6 Å². The largest absolute Gasteiger partial charge is 0.508 e. The summed E-state index contributed by atoms with van der Waals surface area (Å²) in [6.07, 6.45) is 3.95. The van der Waals surface area contributed by atoms with E-state index in [0.29, 0.717) is 37.1 Å². The fraction of sp³-hybridized carbons (Fsp3) is 0.667. The fourth-order valence-electron chi connectivity index (χ4n) is 7.26. The molecule has 0 bridgehead atoms. The monoisotopic (exact) mass is 784 g/mol. The summed E-state index contributed by atoms with van der Waals surface area (Å²) in [4.78, 5) is 73.0. The predicted octanol–water partition coefficient (Wildman–Crippen LogP) is 6.04. The summed E-state index contributed by atoms with van der Waals surface area (Å²) in [6, 6.07) is 5.16. The number of hydrogen-bond acceptors (Lipinski definition) is 11. The first-order valence-corrected chi connectivity index (χ1v) is 20.9. The molecular weight excluding hydrogens is 721 g/mol. The number of aromatic nitrogens is 1. The number of ketones is 2. The second-order valence-corrected chi connectivity index (χ2v) is 16.7. The smallest absolute Gasteiger partial charge is 0.305 e. The van der Waals surface area contributed by atoms with Crippen LogP contribution in [-0.4, -0.2) is 87.8 Å². The van der Waals surface area contributed by atoms with Crippen molar-refractivity contribution in [1.29, 1.82) is 0 Å². The molecule has 0 spiro atoms. The number of benzene rings is 1. The first-order chi connectivity index (χ1) is 26.1. The van der Waals surface area contributed by atoms with E-state index in [4.69, 9.17) is 4.74 Å². The van der Waals surface area contributed by atoms with E-state index in [2.05, 4.69) is 15.6 Å². The lowest BCUT2D eigenvalue weighted by Gasteiger charge is -2.36. The van der Waals surface area contributed by atoms with Gasteiger partial charge in [-0.25, -0.2) is 4.98 Å². The van der Waals surface area contributed by atoms with Crippen LogP contribution >= 0.6 is 11.3 Å². The van der Waals surface area contributed by atoms with Crippen LogP contribution in [0.4, 0.5) is 0 Å². The molecular formula is C42H64N4O8S. The highest BCUT2D eigenvalue weighted by Gasteiger charge is 2.40. The van der Waals surface area contributed by atoms with Gasteiger partial charge < -0.3 is 25.6 Å². The van der Waals surface area contributed by atoms with Crippen molar-refractivity contribution in [3.05, 3.63) is 45.9 Å². The first-order valence-electron chi connectivity index (χ1n) is 20.0. The van der Waals surface area contributed by atoms with Crippen molar-refractivity contribution in [2.45, 2.75) is 130 Å². The highest BCUT2D eigenvalue weighted by Crippen LogP contribution is 2.35. The summed E-state index contributed by atoms with van der Waals surface area (Å²) in [7, 11) is 1.93. The number of rotatable bonds is 22. The average molecular weight is 785 g/mol. The van der Waals surface area contributed by atoms with Gasteiger partial charge in [0.2, 0.25) is 5.91 Å². The molecule has 1 saturated heterocycles. The summed E-state index contributed by atoms with van der Waals surface area (Å²) in [5, 5.41) is 29.3. The third kappa shape index (κ3) is 13.8. The fourth-order valence-corrected chi connectivity index (χ4v) is 8.05. The van der Waals surface area contributed by atoms with Gasteiger partial charge in [-0.05, 0) is 94.5 Å². The Kier molecular flexibility index (Phi) is 18.4. The summed E-state index contributed by atoms with van der Waals surface area (Å²) in [6.45, 7) is 13.7. The van der Waals surface area contributed by atoms with Crippen LogP contribution in [0, 0.1) is 29.6 Å². The van der Waals surface area contributed by atoms with Crippen LogP contribution in [0.3, 0.4) is 0 Å². The Bertz CT molecular complexity index is 1560. The first kappa shape index (κ1) is 45.7. The number of Topliss-reactive ketones (excluding diaryl/α,β-unsaturated/α-hetero) is 2. The van der Waals surface area contributed by atoms with Crippen molar-refractivity contribution in [1.82, 2.24) is 20.5 Å². The third-order valence-corrected chi connectivity index (χ3v) is 12.1. The molecule has 55 heavy (non-hydrogen) atoms. The number of aliphatic hydroxyl groups is 1. The normalized spacial score (nSPS) is 18.7.